The number of rotatable bonds is 27. The van der Waals surface area contributed by atoms with Gasteiger partial charge in [0.15, 0.2) is 0 Å². The van der Waals surface area contributed by atoms with Gasteiger partial charge in [0.1, 0.15) is 5.60 Å². The molecule has 298 valence electrons. The molecule has 4 aromatic carbocycles. The molecule has 10 nitrogen and oxygen atoms in total. The van der Waals surface area contributed by atoms with Gasteiger partial charge in [0.25, 0.3) is 11.8 Å². The fourth-order valence-corrected chi connectivity index (χ4v) is 6.68. The van der Waals surface area contributed by atoms with Crippen LogP contribution in [0.4, 0.5) is 0 Å². The van der Waals surface area contributed by atoms with Crippen molar-refractivity contribution in [3.63, 3.8) is 0 Å². The number of imide groups is 1. The lowest BCUT2D eigenvalue weighted by atomic mass is 9.80. The second-order valence-corrected chi connectivity index (χ2v) is 13.6. The summed E-state index contributed by atoms with van der Waals surface area (Å²) in [5.74, 6) is -2.20. The van der Waals surface area contributed by atoms with E-state index >= 15 is 0 Å². The van der Waals surface area contributed by atoms with Crippen molar-refractivity contribution in [2.24, 2.45) is 0 Å². The van der Waals surface area contributed by atoms with Gasteiger partial charge in [0.2, 0.25) is 0 Å². The molecule has 0 atom stereocenters. The van der Waals surface area contributed by atoms with Crippen LogP contribution < -0.4 is 0 Å². The summed E-state index contributed by atoms with van der Waals surface area (Å²) in [6, 6.07) is 32.8. The number of fused-ring (bicyclic) bond motifs is 1. The van der Waals surface area contributed by atoms with Crippen LogP contribution in [0.3, 0.4) is 0 Å². The maximum absolute atomic E-state index is 13.2. The highest BCUT2D eigenvalue weighted by atomic mass is 16.7. The van der Waals surface area contributed by atoms with Crippen molar-refractivity contribution < 1.29 is 42.9 Å². The van der Waals surface area contributed by atoms with Crippen molar-refractivity contribution in [1.29, 1.82) is 0 Å². The molecule has 0 spiro atoms. The van der Waals surface area contributed by atoms with E-state index in [2.05, 4.69) is 6.92 Å². The zero-order valence-corrected chi connectivity index (χ0v) is 32.5. The number of unbranched alkanes of at least 4 members (excludes halogenated alkanes) is 7. The molecule has 10 heteroatoms. The Labute approximate surface area is 331 Å². The van der Waals surface area contributed by atoms with Crippen molar-refractivity contribution in [3.8, 4) is 0 Å². The summed E-state index contributed by atoms with van der Waals surface area (Å²) in [5, 5.41) is 0.511. The third-order valence-corrected chi connectivity index (χ3v) is 9.62. The Morgan fingerprint density at radius 1 is 0.482 bits per heavy atom. The Morgan fingerprint density at radius 2 is 0.893 bits per heavy atom. The van der Waals surface area contributed by atoms with Gasteiger partial charge in [-0.1, -0.05) is 142 Å². The standard InChI is InChI=1S/C46H55NO9/c1-2-3-4-5-6-7-8-17-28-51-29-30-52-31-32-53-33-34-54-35-36-55-46(38-18-11-9-12-19-38,39-20-13-10-14-21-39)40-26-24-37(25-27-40)45(50)56-47-43(48)41-22-15-16-23-42(41)44(47)49/h9-16,18-27H,2-8,17,28-36H2,1H3. The Hall–Kier alpha value is -4.71. The van der Waals surface area contributed by atoms with Crippen molar-refractivity contribution in [1.82, 2.24) is 5.06 Å². The number of benzene rings is 4. The van der Waals surface area contributed by atoms with Gasteiger partial charge in [-0.2, -0.15) is 0 Å². The van der Waals surface area contributed by atoms with Gasteiger partial charge in [-0.3, -0.25) is 9.59 Å². The molecule has 1 aliphatic rings. The zero-order valence-electron chi connectivity index (χ0n) is 32.5. The summed E-state index contributed by atoms with van der Waals surface area (Å²) in [4.78, 5) is 44.0. The minimum absolute atomic E-state index is 0.163. The Morgan fingerprint density at radius 3 is 1.39 bits per heavy atom. The molecular formula is C46H55NO9. The van der Waals surface area contributed by atoms with Crippen LogP contribution in [-0.2, 0) is 34.1 Å². The number of hydrogen-bond acceptors (Lipinski definition) is 9. The monoisotopic (exact) mass is 765 g/mol. The van der Waals surface area contributed by atoms with E-state index < -0.39 is 23.4 Å². The number of amides is 2. The molecule has 0 aromatic heterocycles. The maximum atomic E-state index is 13.2. The smallest absolute Gasteiger partial charge is 0.363 e. The van der Waals surface area contributed by atoms with E-state index in [9.17, 15) is 14.4 Å². The summed E-state index contributed by atoms with van der Waals surface area (Å²) >= 11 is 0. The first-order valence-electron chi connectivity index (χ1n) is 19.9. The summed E-state index contributed by atoms with van der Waals surface area (Å²) in [5.41, 5.74) is 2.02. The van der Waals surface area contributed by atoms with E-state index in [-0.39, 0.29) is 23.3 Å². The fraction of sp³-hybridized carbons (Fsp3) is 0.413. The molecular weight excluding hydrogens is 711 g/mol. The predicted octanol–water partition coefficient (Wildman–Crippen LogP) is 8.57. The molecule has 1 aliphatic heterocycles. The highest BCUT2D eigenvalue weighted by Crippen LogP contribution is 2.40. The third-order valence-electron chi connectivity index (χ3n) is 9.62. The molecule has 0 aliphatic carbocycles. The third kappa shape index (κ3) is 11.9. The Kier molecular flexibility index (Phi) is 17.7. The van der Waals surface area contributed by atoms with E-state index in [0.29, 0.717) is 51.3 Å². The van der Waals surface area contributed by atoms with Crippen LogP contribution in [0.1, 0.15) is 106 Å². The summed E-state index contributed by atoms with van der Waals surface area (Å²) in [7, 11) is 0. The molecule has 0 fully saturated rings. The molecule has 0 unspecified atom stereocenters. The van der Waals surface area contributed by atoms with Crippen molar-refractivity contribution >= 4 is 17.8 Å². The van der Waals surface area contributed by atoms with Crippen LogP contribution in [0, 0.1) is 0 Å². The fourth-order valence-electron chi connectivity index (χ4n) is 6.68. The molecule has 0 saturated heterocycles. The quantitative estimate of drug-likeness (QED) is 0.0335. The number of hydroxylamine groups is 2. The van der Waals surface area contributed by atoms with E-state index in [4.69, 9.17) is 28.5 Å². The molecule has 4 aromatic rings. The number of hydrogen-bond donors (Lipinski definition) is 0. The number of carbonyl (C=O) groups is 3. The van der Waals surface area contributed by atoms with Crippen LogP contribution in [0.2, 0.25) is 0 Å². The first-order valence-corrected chi connectivity index (χ1v) is 19.9. The molecule has 0 saturated carbocycles. The SMILES string of the molecule is CCCCCCCCCCOCCOCCOCCOCCOC(c1ccccc1)(c1ccccc1)c1ccc(C(=O)ON2C(=O)c3ccccc3C2=O)cc1. The first kappa shape index (κ1) is 42.4. The lowest BCUT2D eigenvalue weighted by Crippen LogP contribution is -2.34. The second-order valence-electron chi connectivity index (χ2n) is 13.6. The molecule has 0 N–H and O–H groups in total. The molecule has 0 bridgehead atoms. The molecule has 0 radical (unpaired) electrons. The van der Waals surface area contributed by atoms with Gasteiger partial charge in [-0.25, -0.2) is 4.79 Å². The Bertz CT molecular complexity index is 1690. The highest BCUT2D eigenvalue weighted by Gasteiger charge is 2.40. The summed E-state index contributed by atoms with van der Waals surface area (Å²) in [6.45, 7) is 6.58. The minimum Gasteiger partial charge on any atom is -0.379 e. The largest absolute Gasteiger partial charge is 0.379 e. The highest BCUT2D eigenvalue weighted by molar-refractivity contribution is 6.21. The van der Waals surface area contributed by atoms with Crippen LogP contribution in [0.5, 0.6) is 0 Å². The number of ether oxygens (including phenoxy) is 5. The number of carbonyl (C=O) groups excluding carboxylic acids is 3. The average Bonchev–Trinajstić information content (AvgIpc) is 3.48. The summed E-state index contributed by atoms with van der Waals surface area (Å²) < 4.78 is 29.7. The predicted molar refractivity (Wildman–Crippen MR) is 213 cm³/mol. The maximum Gasteiger partial charge on any atom is 0.363 e. The van der Waals surface area contributed by atoms with Gasteiger partial charge in [-0.05, 0) is 47.4 Å². The van der Waals surface area contributed by atoms with Crippen LogP contribution in [0.15, 0.2) is 109 Å². The first-order chi connectivity index (χ1) is 27.6. The number of nitrogens with zero attached hydrogens (tertiary/aromatic N) is 1. The van der Waals surface area contributed by atoms with Gasteiger partial charge < -0.3 is 28.5 Å². The van der Waals surface area contributed by atoms with Gasteiger partial charge in [0, 0.05) is 6.61 Å². The lowest BCUT2D eigenvalue weighted by Gasteiger charge is -2.36. The van der Waals surface area contributed by atoms with Gasteiger partial charge in [-0.15, -0.1) is 0 Å². The van der Waals surface area contributed by atoms with Crippen molar-refractivity contribution in [2.75, 3.05) is 59.5 Å². The van der Waals surface area contributed by atoms with E-state index in [1.807, 2.05) is 60.7 Å². The minimum atomic E-state index is -1.05. The van der Waals surface area contributed by atoms with Gasteiger partial charge in [0.05, 0.1) is 69.5 Å². The second kappa shape index (κ2) is 23.4. The van der Waals surface area contributed by atoms with E-state index in [0.717, 1.165) is 29.7 Å². The Balaban J connectivity index is 1.07. The normalized spacial score (nSPS) is 12.6. The van der Waals surface area contributed by atoms with Crippen molar-refractivity contribution in [2.45, 2.75) is 63.9 Å². The topological polar surface area (TPSA) is 110 Å². The summed E-state index contributed by atoms with van der Waals surface area (Å²) in [6.07, 6.45) is 10.3. The van der Waals surface area contributed by atoms with Gasteiger partial charge >= 0.3 is 5.97 Å². The lowest BCUT2D eigenvalue weighted by molar-refractivity contribution is -0.0584. The van der Waals surface area contributed by atoms with Crippen LogP contribution >= 0.6 is 0 Å². The van der Waals surface area contributed by atoms with E-state index in [1.54, 1.807) is 36.4 Å². The zero-order chi connectivity index (χ0) is 39.3. The molecule has 56 heavy (non-hydrogen) atoms. The average molecular weight is 766 g/mol. The van der Waals surface area contributed by atoms with E-state index in [1.165, 1.54) is 57.1 Å². The molecule has 2 amide bonds. The molecule has 1 heterocycles. The molecule has 5 rings (SSSR count). The van der Waals surface area contributed by atoms with Crippen LogP contribution in [-0.4, -0.2) is 82.3 Å². The van der Waals surface area contributed by atoms with Crippen LogP contribution in [0.25, 0.3) is 0 Å². The van der Waals surface area contributed by atoms with Crippen molar-refractivity contribution in [3.05, 3.63) is 143 Å².